The fraction of sp³-hybridized carbons (Fsp3) is 0.188. The van der Waals surface area contributed by atoms with Crippen LogP contribution in [0.25, 0.3) is 0 Å². The topological polar surface area (TPSA) is 35.8 Å². The van der Waals surface area contributed by atoms with Gasteiger partial charge >= 0.3 is 0 Å². The summed E-state index contributed by atoms with van der Waals surface area (Å²) in [5.74, 6) is 0. The van der Waals surface area contributed by atoms with E-state index in [1.54, 1.807) is 6.07 Å². The Morgan fingerprint density at radius 3 is 2.80 bits per heavy atom. The van der Waals surface area contributed by atoms with Crippen molar-refractivity contribution in [2.24, 2.45) is 0 Å². The van der Waals surface area contributed by atoms with Crippen molar-refractivity contribution in [3.05, 3.63) is 68.7 Å². The van der Waals surface area contributed by atoms with Gasteiger partial charge in [0, 0.05) is 22.1 Å². The van der Waals surface area contributed by atoms with Crippen LogP contribution in [0.4, 0.5) is 0 Å². The van der Waals surface area contributed by atoms with Gasteiger partial charge in [0.15, 0.2) is 0 Å². The molecule has 2 rings (SSSR count). The van der Waals surface area contributed by atoms with E-state index in [4.69, 9.17) is 16.9 Å². The summed E-state index contributed by atoms with van der Waals surface area (Å²) in [6.07, 6.45) is 0. The summed E-state index contributed by atoms with van der Waals surface area (Å²) in [6, 6.07) is 15.8. The van der Waals surface area contributed by atoms with Gasteiger partial charge in [-0.15, -0.1) is 0 Å². The van der Waals surface area contributed by atoms with Crippen molar-refractivity contribution in [3.8, 4) is 6.07 Å². The second kappa shape index (κ2) is 6.90. The summed E-state index contributed by atoms with van der Waals surface area (Å²) < 4.78 is 0.972. The summed E-state index contributed by atoms with van der Waals surface area (Å²) >= 11 is 9.64. The van der Waals surface area contributed by atoms with E-state index < -0.39 is 0 Å². The molecule has 0 bridgehead atoms. The SMILES string of the molecule is CC(NCc1cccc(C#N)c1)c1ccc(Br)cc1Cl. The summed E-state index contributed by atoms with van der Waals surface area (Å²) in [7, 11) is 0. The Balaban J connectivity index is 2.04. The molecule has 0 aliphatic rings. The summed E-state index contributed by atoms with van der Waals surface area (Å²) in [4.78, 5) is 0. The smallest absolute Gasteiger partial charge is 0.0991 e. The zero-order valence-electron chi connectivity index (χ0n) is 11.0. The number of rotatable bonds is 4. The van der Waals surface area contributed by atoms with Crippen LogP contribution in [0.2, 0.25) is 5.02 Å². The minimum Gasteiger partial charge on any atom is -0.306 e. The van der Waals surface area contributed by atoms with E-state index in [0.717, 1.165) is 20.6 Å². The highest BCUT2D eigenvalue weighted by Gasteiger charge is 2.09. The van der Waals surface area contributed by atoms with Gasteiger partial charge in [0.05, 0.1) is 11.6 Å². The first-order valence-corrected chi connectivity index (χ1v) is 7.44. The van der Waals surface area contributed by atoms with Crippen molar-refractivity contribution in [2.45, 2.75) is 19.5 Å². The van der Waals surface area contributed by atoms with Crippen molar-refractivity contribution in [1.82, 2.24) is 5.32 Å². The van der Waals surface area contributed by atoms with Gasteiger partial charge < -0.3 is 5.32 Å². The quantitative estimate of drug-likeness (QED) is 0.858. The number of nitrogens with zero attached hydrogens (tertiary/aromatic N) is 1. The van der Waals surface area contributed by atoms with Gasteiger partial charge in [-0.1, -0.05) is 45.7 Å². The van der Waals surface area contributed by atoms with Crippen LogP contribution >= 0.6 is 27.5 Å². The second-order valence-electron chi connectivity index (χ2n) is 4.58. The molecule has 0 saturated carbocycles. The molecular weight excluding hydrogens is 336 g/mol. The van der Waals surface area contributed by atoms with Crippen LogP contribution in [-0.2, 0) is 6.54 Å². The number of hydrogen-bond donors (Lipinski definition) is 1. The molecule has 0 aromatic heterocycles. The number of hydrogen-bond acceptors (Lipinski definition) is 2. The average molecular weight is 350 g/mol. The van der Waals surface area contributed by atoms with E-state index in [2.05, 4.69) is 34.2 Å². The zero-order valence-corrected chi connectivity index (χ0v) is 13.4. The lowest BCUT2D eigenvalue weighted by Crippen LogP contribution is -2.18. The average Bonchev–Trinajstić information content (AvgIpc) is 2.45. The first kappa shape index (κ1) is 15.1. The van der Waals surface area contributed by atoms with Crippen LogP contribution < -0.4 is 5.32 Å². The highest BCUT2D eigenvalue weighted by atomic mass is 79.9. The third kappa shape index (κ3) is 3.83. The highest BCUT2D eigenvalue weighted by Crippen LogP contribution is 2.26. The zero-order chi connectivity index (χ0) is 14.5. The first-order chi connectivity index (χ1) is 9.60. The number of benzene rings is 2. The molecule has 0 heterocycles. The lowest BCUT2D eigenvalue weighted by atomic mass is 10.1. The van der Waals surface area contributed by atoms with Crippen LogP contribution in [0.3, 0.4) is 0 Å². The van der Waals surface area contributed by atoms with E-state index in [0.29, 0.717) is 12.1 Å². The van der Waals surface area contributed by atoms with Crippen molar-refractivity contribution in [1.29, 1.82) is 5.26 Å². The molecule has 1 unspecified atom stereocenters. The molecule has 1 atom stereocenters. The molecule has 0 radical (unpaired) electrons. The molecule has 0 amide bonds. The summed E-state index contributed by atoms with van der Waals surface area (Å²) in [5, 5.41) is 13.0. The molecule has 0 fully saturated rings. The maximum absolute atomic E-state index is 8.89. The van der Waals surface area contributed by atoms with Gasteiger partial charge in [-0.05, 0) is 42.3 Å². The Morgan fingerprint density at radius 1 is 1.30 bits per heavy atom. The fourth-order valence-electron chi connectivity index (χ4n) is 1.98. The van der Waals surface area contributed by atoms with Gasteiger partial charge in [-0.25, -0.2) is 0 Å². The predicted molar refractivity (Wildman–Crippen MR) is 85.6 cm³/mol. The van der Waals surface area contributed by atoms with Crippen molar-refractivity contribution < 1.29 is 0 Å². The molecule has 2 aromatic carbocycles. The lowest BCUT2D eigenvalue weighted by molar-refractivity contribution is 0.575. The maximum atomic E-state index is 8.89. The van der Waals surface area contributed by atoms with Gasteiger partial charge in [-0.3, -0.25) is 0 Å². The fourth-order valence-corrected chi connectivity index (χ4v) is 2.82. The Bertz CT molecular complexity index is 649. The Labute approximate surface area is 132 Å². The van der Waals surface area contributed by atoms with Gasteiger partial charge in [-0.2, -0.15) is 5.26 Å². The van der Waals surface area contributed by atoms with E-state index >= 15 is 0 Å². The van der Waals surface area contributed by atoms with E-state index in [1.807, 2.05) is 36.4 Å². The van der Waals surface area contributed by atoms with Crippen LogP contribution in [0.5, 0.6) is 0 Å². The monoisotopic (exact) mass is 348 g/mol. The van der Waals surface area contributed by atoms with E-state index in [1.165, 1.54) is 0 Å². The number of nitriles is 1. The van der Waals surface area contributed by atoms with E-state index in [9.17, 15) is 0 Å². The molecule has 2 nitrogen and oxygen atoms in total. The third-order valence-electron chi connectivity index (χ3n) is 3.10. The number of halogens is 2. The van der Waals surface area contributed by atoms with Gasteiger partial charge in [0.2, 0.25) is 0 Å². The molecule has 0 spiro atoms. The molecule has 2 aromatic rings. The summed E-state index contributed by atoms with van der Waals surface area (Å²) in [6.45, 7) is 2.77. The molecule has 0 saturated heterocycles. The van der Waals surface area contributed by atoms with E-state index in [-0.39, 0.29) is 6.04 Å². The van der Waals surface area contributed by atoms with Crippen molar-refractivity contribution in [2.75, 3.05) is 0 Å². The maximum Gasteiger partial charge on any atom is 0.0991 e. The minimum absolute atomic E-state index is 0.140. The molecule has 4 heteroatoms. The molecule has 20 heavy (non-hydrogen) atoms. The van der Waals surface area contributed by atoms with Crippen LogP contribution in [-0.4, -0.2) is 0 Å². The largest absolute Gasteiger partial charge is 0.306 e. The van der Waals surface area contributed by atoms with Crippen LogP contribution in [0.15, 0.2) is 46.9 Å². The highest BCUT2D eigenvalue weighted by molar-refractivity contribution is 9.10. The Hall–Kier alpha value is -1.34. The standard InChI is InChI=1S/C16H14BrClN2/c1-11(15-6-5-14(17)8-16(15)18)20-10-13-4-2-3-12(7-13)9-19/h2-8,11,20H,10H2,1H3. The van der Waals surface area contributed by atoms with Crippen molar-refractivity contribution in [3.63, 3.8) is 0 Å². The first-order valence-electron chi connectivity index (χ1n) is 6.27. The van der Waals surface area contributed by atoms with Gasteiger partial charge in [0.25, 0.3) is 0 Å². The van der Waals surface area contributed by atoms with Crippen molar-refractivity contribution >= 4 is 27.5 Å². The predicted octanol–water partition coefficient (Wildman–Crippen LogP) is 4.82. The summed E-state index contributed by atoms with van der Waals surface area (Å²) in [5.41, 5.74) is 2.83. The van der Waals surface area contributed by atoms with Gasteiger partial charge in [0.1, 0.15) is 0 Å². The Morgan fingerprint density at radius 2 is 2.10 bits per heavy atom. The number of nitrogens with one attached hydrogen (secondary N) is 1. The normalized spacial score (nSPS) is 11.9. The third-order valence-corrected chi connectivity index (χ3v) is 3.92. The molecule has 0 aliphatic carbocycles. The second-order valence-corrected chi connectivity index (χ2v) is 5.90. The van der Waals surface area contributed by atoms with Crippen LogP contribution in [0.1, 0.15) is 29.7 Å². The molecule has 102 valence electrons. The minimum atomic E-state index is 0.140. The molecular formula is C16H14BrClN2. The molecule has 0 aliphatic heterocycles. The lowest BCUT2D eigenvalue weighted by Gasteiger charge is -2.16. The Kier molecular flexibility index (Phi) is 5.19. The molecule has 1 N–H and O–H groups in total. The van der Waals surface area contributed by atoms with Crippen LogP contribution in [0, 0.1) is 11.3 Å².